The number of amides is 1. The van der Waals surface area contributed by atoms with E-state index in [1.54, 1.807) is 6.92 Å². The zero-order valence-electron chi connectivity index (χ0n) is 18.8. The summed E-state index contributed by atoms with van der Waals surface area (Å²) in [4.78, 5) is 12.7. The van der Waals surface area contributed by atoms with Gasteiger partial charge in [-0.05, 0) is 61.0 Å². The molecule has 0 aliphatic carbocycles. The maximum absolute atomic E-state index is 13.5. The highest BCUT2D eigenvalue weighted by molar-refractivity contribution is 7.92. The lowest BCUT2D eigenvalue weighted by Crippen LogP contribution is -2.41. The van der Waals surface area contributed by atoms with Crippen LogP contribution in [0.1, 0.15) is 18.5 Å². The molecule has 1 atom stereocenters. The van der Waals surface area contributed by atoms with Crippen molar-refractivity contribution in [2.24, 2.45) is 0 Å². The molecule has 3 rings (SSSR count). The first kappa shape index (κ1) is 25.0. The maximum Gasteiger partial charge on any atom is 0.264 e. The van der Waals surface area contributed by atoms with Crippen molar-refractivity contribution in [3.8, 4) is 11.5 Å². The van der Waals surface area contributed by atoms with Gasteiger partial charge in [-0.3, -0.25) is 9.10 Å². The van der Waals surface area contributed by atoms with Gasteiger partial charge >= 0.3 is 0 Å². The molecule has 7 nitrogen and oxygen atoms in total. The highest BCUT2D eigenvalue weighted by atomic mass is 32.2. The van der Waals surface area contributed by atoms with E-state index in [1.165, 1.54) is 68.8 Å². The molecule has 10 heteroatoms. The van der Waals surface area contributed by atoms with Gasteiger partial charge in [0.05, 0.1) is 30.8 Å². The average Bonchev–Trinajstić information content (AvgIpc) is 2.83. The van der Waals surface area contributed by atoms with Crippen molar-refractivity contribution >= 4 is 21.6 Å². The Morgan fingerprint density at radius 2 is 1.47 bits per heavy atom. The molecule has 34 heavy (non-hydrogen) atoms. The molecule has 180 valence electrons. The summed E-state index contributed by atoms with van der Waals surface area (Å²) in [7, 11) is -1.47. The first-order valence-corrected chi connectivity index (χ1v) is 11.6. The minimum atomic E-state index is -4.26. The number of nitrogens with zero attached hydrogens (tertiary/aromatic N) is 1. The topological polar surface area (TPSA) is 84.9 Å². The molecule has 1 N–H and O–H groups in total. The van der Waals surface area contributed by atoms with E-state index in [-0.39, 0.29) is 16.3 Å². The molecule has 0 aromatic heterocycles. The summed E-state index contributed by atoms with van der Waals surface area (Å²) in [5.74, 6) is -1.05. The number of sulfonamides is 1. The van der Waals surface area contributed by atoms with Crippen LogP contribution in [0.5, 0.6) is 11.5 Å². The number of halogens is 2. The van der Waals surface area contributed by atoms with Gasteiger partial charge in [-0.25, -0.2) is 17.2 Å². The standard InChI is InChI=1S/C24H24F2N2O5S/c1-16(17-4-6-18(25)7-5-17)27-24(29)15-28(20-10-8-19(26)9-11-20)34(30,31)21-12-13-22(32-2)23(14-21)33-3/h4-14,16H,15H2,1-3H3,(H,27,29)/t16-/m1/s1. The second kappa shape index (κ2) is 10.5. The van der Waals surface area contributed by atoms with E-state index < -0.39 is 40.2 Å². The highest BCUT2D eigenvalue weighted by Crippen LogP contribution is 2.32. The van der Waals surface area contributed by atoms with E-state index in [4.69, 9.17) is 9.47 Å². The van der Waals surface area contributed by atoms with E-state index in [9.17, 15) is 22.0 Å². The largest absolute Gasteiger partial charge is 0.493 e. The predicted molar refractivity (Wildman–Crippen MR) is 123 cm³/mol. The van der Waals surface area contributed by atoms with E-state index in [2.05, 4.69) is 5.32 Å². The van der Waals surface area contributed by atoms with Crippen LogP contribution >= 0.6 is 0 Å². The van der Waals surface area contributed by atoms with Crippen molar-refractivity contribution in [1.82, 2.24) is 5.32 Å². The fourth-order valence-corrected chi connectivity index (χ4v) is 4.72. The Bertz CT molecular complexity index is 1250. The van der Waals surface area contributed by atoms with Gasteiger partial charge in [-0.1, -0.05) is 12.1 Å². The third kappa shape index (κ3) is 5.63. The number of methoxy groups -OCH3 is 2. The summed E-state index contributed by atoms with van der Waals surface area (Å²) in [6, 6.07) is 13.9. The molecule has 0 heterocycles. The molecule has 0 aliphatic rings. The number of benzene rings is 3. The molecular formula is C24H24F2N2O5S. The van der Waals surface area contributed by atoms with E-state index in [1.807, 2.05) is 0 Å². The molecule has 0 spiro atoms. The zero-order chi connectivity index (χ0) is 24.9. The minimum Gasteiger partial charge on any atom is -0.493 e. The molecule has 0 saturated heterocycles. The second-order valence-electron chi connectivity index (χ2n) is 7.35. The van der Waals surface area contributed by atoms with Crippen molar-refractivity contribution in [3.63, 3.8) is 0 Å². The summed E-state index contributed by atoms with van der Waals surface area (Å²) < 4.78 is 65.0. The Hall–Kier alpha value is -3.66. The molecular weight excluding hydrogens is 466 g/mol. The number of ether oxygens (including phenoxy) is 2. The quantitative estimate of drug-likeness (QED) is 0.489. The Kier molecular flexibility index (Phi) is 7.72. The number of anilines is 1. The predicted octanol–water partition coefficient (Wildman–Crippen LogP) is 4.05. The molecule has 3 aromatic carbocycles. The van der Waals surface area contributed by atoms with Gasteiger partial charge in [0.1, 0.15) is 18.2 Å². The van der Waals surface area contributed by atoms with Crippen molar-refractivity contribution in [2.75, 3.05) is 25.1 Å². The third-order valence-electron chi connectivity index (χ3n) is 5.09. The Morgan fingerprint density at radius 1 is 0.912 bits per heavy atom. The van der Waals surface area contributed by atoms with Gasteiger partial charge in [0.25, 0.3) is 10.0 Å². The zero-order valence-corrected chi connectivity index (χ0v) is 19.6. The molecule has 0 fully saturated rings. The molecule has 0 saturated carbocycles. The normalized spacial score (nSPS) is 12.0. The molecule has 0 aliphatic heterocycles. The van der Waals surface area contributed by atoms with Gasteiger partial charge in [0.15, 0.2) is 11.5 Å². The molecule has 1 amide bonds. The van der Waals surface area contributed by atoms with E-state index in [0.717, 1.165) is 16.4 Å². The summed E-state index contributed by atoms with van der Waals surface area (Å²) in [5.41, 5.74) is 0.742. The Labute approximate surface area is 197 Å². The monoisotopic (exact) mass is 490 g/mol. The van der Waals surface area contributed by atoms with Crippen LogP contribution < -0.4 is 19.1 Å². The smallest absolute Gasteiger partial charge is 0.264 e. The molecule has 0 radical (unpaired) electrons. The number of hydrogen-bond acceptors (Lipinski definition) is 5. The van der Waals surface area contributed by atoms with Crippen molar-refractivity contribution in [1.29, 1.82) is 0 Å². The summed E-state index contributed by atoms with van der Waals surface area (Å²) in [5, 5.41) is 2.71. The maximum atomic E-state index is 13.5. The van der Waals surface area contributed by atoms with Crippen LogP contribution in [-0.4, -0.2) is 35.1 Å². The Balaban J connectivity index is 1.93. The first-order chi connectivity index (χ1) is 16.1. The molecule has 0 bridgehead atoms. The van der Waals surface area contributed by atoms with E-state index in [0.29, 0.717) is 11.3 Å². The van der Waals surface area contributed by atoms with Gasteiger partial charge in [0, 0.05) is 6.07 Å². The lowest BCUT2D eigenvalue weighted by atomic mass is 10.1. The van der Waals surface area contributed by atoms with Gasteiger partial charge < -0.3 is 14.8 Å². The van der Waals surface area contributed by atoms with E-state index >= 15 is 0 Å². The lowest BCUT2D eigenvalue weighted by Gasteiger charge is -2.25. The van der Waals surface area contributed by atoms with Crippen LogP contribution in [0.25, 0.3) is 0 Å². The second-order valence-corrected chi connectivity index (χ2v) is 9.21. The van der Waals surface area contributed by atoms with Crippen LogP contribution in [0.2, 0.25) is 0 Å². The summed E-state index contributed by atoms with van der Waals surface area (Å²) >= 11 is 0. The number of carbonyl (C=O) groups excluding carboxylic acids is 1. The fraction of sp³-hybridized carbons (Fsp3) is 0.208. The van der Waals surface area contributed by atoms with Crippen molar-refractivity contribution in [2.45, 2.75) is 17.9 Å². The molecule has 0 unspecified atom stereocenters. The van der Waals surface area contributed by atoms with Crippen LogP contribution in [0.15, 0.2) is 71.6 Å². The summed E-state index contributed by atoms with van der Waals surface area (Å²) in [6.45, 7) is 1.12. The number of carbonyl (C=O) groups is 1. The van der Waals surface area contributed by atoms with Crippen LogP contribution in [0.4, 0.5) is 14.5 Å². The average molecular weight is 491 g/mol. The van der Waals surface area contributed by atoms with Gasteiger partial charge in [-0.15, -0.1) is 0 Å². The Morgan fingerprint density at radius 3 is 2.03 bits per heavy atom. The third-order valence-corrected chi connectivity index (χ3v) is 6.86. The van der Waals surface area contributed by atoms with Crippen molar-refractivity contribution in [3.05, 3.63) is 83.9 Å². The number of hydrogen-bond donors (Lipinski definition) is 1. The number of rotatable bonds is 9. The molecule has 3 aromatic rings. The van der Waals surface area contributed by atoms with Crippen LogP contribution in [-0.2, 0) is 14.8 Å². The van der Waals surface area contributed by atoms with Crippen LogP contribution in [0.3, 0.4) is 0 Å². The van der Waals surface area contributed by atoms with Gasteiger partial charge in [-0.2, -0.15) is 0 Å². The lowest BCUT2D eigenvalue weighted by molar-refractivity contribution is -0.120. The summed E-state index contributed by atoms with van der Waals surface area (Å²) in [6.07, 6.45) is 0. The first-order valence-electron chi connectivity index (χ1n) is 10.2. The fourth-order valence-electron chi connectivity index (χ4n) is 3.28. The SMILES string of the molecule is COc1ccc(S(=O)(=O)N(CC(=O)N[C@H](C)c2ccc(F)cc2)c2ccc(F)cc2)cc1OC. The minimum absolute atomic E-state index is 0.0979. The van der Waals surface area contributed by atoms with Gasteiger partial charge in [0.2, 0.25) is 5.91 Å². The van der Waals surface area contributed by atoms with Crippen LogP contribution in [0, 0.1) is 11.6 Å². The number of nitrogens with one attached hydrogen (secondary N) is 1. The van der Waals surface area contributed by atoms with Crippen molar-refractivity contribution < 1.29 is 31.5 Å². The highest BCUT2D eigenvalue weighted by Gasteiger charge is 2.29.